The lowest BCUT2D eigenvalue weighted by molar-refractivity contribution is -0.104. The molecule has 0 bridgehead atoms. The topological polar surface area (TPSA) is 17.1 Å². The molecule has 0 spiro atoms. The quantitative estimate of drug-likeness (QED) is 0.532. The first-order valence-corrected chi connectivity index (χ1v) is 3.80. The lowest BCUT2D eigenvalue weighted by atomic mass is 10.2. The number of halogens is 3. The fourth-order valence-corrected chi connectivity index (χ4v) is 1.10. The fourth-order valence-electron chi connectivity index (χ4n) is 0.869. The summed E-state index contributed by atoms with van der Waals surface area (Å²) in [6.45, 7) is 0. The molecule has 0 atom stereocenters. The first-order chi connectivity index (χ1) is 6.16. The molecule has 0 aliphatic heterocycles. The Bertz CT molecular complexity index is 340. The van der Waals surface area contributed by atoms with E-state index in [2.05, 4.69) is 0 Å². The van der Waals surface area contributed by atoms with Crippen molar-refractivity contribution in [2.75, 3.05) is 0 Å². The molecule has 0 saturated heterocycles. The summed E-state index contributed by atoms with van der Waals surface area (Å²) in [6, 6.07) is 3.36. The second-order valence-corrected chi connectivity index (χ2v) is 2.65. The molecule has 1 aromatic carbocycles. The van der Waals surface area contributed by atoms with Crippen LogP contribution in [0.4, 0.5) is 8.78 Å². The van der Waals surface area contributed by atoms with Crippen molar-refractivity contribution in [2.24, 2.45) is 0 Å². The van der Waals surface area contributed by atoms with Crippen LogP contribution in [0.1, 0.15) is 5.56 Å². The zero-order valence-electron chi connectivity index (χ0n) is 6.43. The molecule has 0 aliphatic carbocycles. The highest BCUT2D eigenvalue weighted by Crippen LogP contribution is 2.24. The first kappa shape index (κ1) is 9.86. The Morgan fingerprint density at radius 2 is 1.85 bits per heavy atom. The van der Waals surface area contributed by atoms with Gasteiger partial charge in [0.2, 0.25) is 0 Å². The lowest BCUT2D eigenvalue weighted by Gasteiger charge is -2.01. The molecule has 0 heterocycles. The van der Waals surface area contributed by atoms with Crippen LogP contribution in [0.15, 0.2) is 24.3 Å². The van der Waals surface area contributed by atoms with E-state index in [1.54, 1.807) is 0 Å². The molecule has 0 saturated carbocycles. The number of rotatable bonds is 2. The molecule has 0 aliphatic rings. The summed E-state index contributed by atoms with van der Waals surface area (Å²) in [5.41, 5.74) is -0.378. The maximum Gasteiger partial charge on any atom is 0.144 e. The van der Waals surface area contributed by atoms with Gasteiger partial charge in [-0.05, 0) is 18.2 Å². The summed E-state index contributed by atoms with van der Waals surface area (Å²) in [5, 5.41) is -0.245. The third-order valence-electron chi connectivity index (χ3n) is 1.42. The molecule has 1 nitrogen and oxygen atoms in total. The normalized spacial score (nSPS) is 11.5. The van der Waals surface area contributed by atoms with Gasteiger partial charge >= 0.3 is 0 Å². The van der Waals surface area contributed by atoms with Crippen molar-refractivity contribution in [3.05, 3.63) is 41.5 Å². The van der Waals surface area contributed by atoms with Crippen LogP contribution in [0, 0.1) is 11.6 Å². The predicted molar refractivity (Wildman–Crippen MR) is 46.3 cm³/mol. The molecule has 1 rings (SSSR count). The molecule has 0 fully saturated rings. The summed E-state index contributed by atoms with van der Waals surface area (Å²) < 4.78 is 25.9. The standard InChI is InChI=1S/C9H5ClF2O/c10-6(4-5-13)9-7(11)2-1-3-8(9)12/h1-5H/b6-4-. The SMILES string of the molecule is O=C/C=C(\Cl)c1c(F)cccc1F. The van der Waals surface area contributed by atoms with Crippen molar-refractivity contribution < 1.29 is 13.6 Å². The maximum absolute atomic E-state index is 12.9. The third kappa shape index (κ3) is 2.12. The van der Waals surface area contributed by atoms with Crippen molar-refractivity contribution in [2.45, 2.75) is 0 Å². The summed E-state index contributed by atoms with van der Waals surface area (Å²) in [4.78, 5) is 10.0. The number of benzene rings is 1. The molecule has 0 radical (unpaired) electrons. The number of carbonyl (C=O) groups excluding carboxylic acids is 1. The number of hydrogen-bond donors (Lipinski definition) is 0. The van der Waals surface area contributed by atoms with Crippen molar-refractivity contribution in [1.29, 1.82) is 0 Å². The van der Waals surface area contributed by atoms with Crippen LogP contribution in [0.2, 0.25) is 0 Å². The van der Waals surface area contributed by atoms with E-state index in [1.165, 1.54) is 6.07 Å². The van der Waals surface area contributed by atoms with Crippen LogP contribution >= 0.6 is 11.6 Å². The minimum Gasteiger partial charge on any atom is -0.299 e. The molecule has 0 aromatic heterocycles. The van der Waals surface area contributed by atoms with Gasteiger partial charge in [0, 0.05) is 0 Å². The van der Waals surface area contributed by atoms with Gasteiger partial charge < -0.3 is 0 Å². The van der Waals surface area contributed by atoms with E-state index in [-0.39, 0.29) is 10.6 Å². The van der Waals surface area contributed by atoms with Crippen molar-refractivity contribution in [1.82, 2.24) is 0 Å². The summed E-state index contributed by atoms with van der Waals surface area (Å²) in [5.74, 6) is -1.58. The van der Waals surface area contributed by atoms with Gasteiger partial charge in [-0.2, -0.15) is 0 Å². The molecule has 0 unspecified atom stereocenters. The Morgan fingerprint density at radius 1 is 1.31 bits per heavy atom. The van der Waals surface area contributed by atoms with E-state index >= 15 is 0 Å². The molecule has 1 aromatic rings. The van der Waals surface area contributed by atoms with Crippen LogP contribution < -0.4 is 0 Å². The summed E-state index contributed by atoms with van der Waals surface area (Å²) in [7, 11) is 0. The highest BCUT2D eigenvalue weighted by atomic mass is 35.5. The smallest absolute Gasteiger partial charge is 0.144 e. The van der Waals surface area contributed by atoms with Crippen molar-refractivity contribution >= 4 is 22.9 Å². The van der Waals surface area contributed by atoms with Crippen LogP contribution in [0.5, 0.6) is 0 Å². The molecule has 0 amide bonds. The molecule has 68 valence electrons. The van der Waals surface area contributed by atoms with Gasteiger partial charge in [0.25, 0.3) is 0 Å². The van der Waals surface area contributed by atoms with Crippen molar-refractivity contribution in [3.8, 4) is 0 Å². The molecular weight excluding hydrogens is 198 g/mol. The Labute approximate surface area is 78.6 Å². The second kappa shape index (κ2) is 4.14. The van der Waals surface area contributed by atoms with Crippen LogP contribution in [0.25, 0.3) is 5.03 Å². The highest BCUT2D eigenvalue weighted by Gasteiger charge is 2.10. The average Bonchev–Trinajstić information content (AvgIpc) is 2.04. The maximum atomic E-state index is 12.9. The molecule has 4 heteroatoms. The zero-order chi connectivity index (χ0) is 9.84. The average molecular weight is 203 g/mol. The third-order valence-corrected chi connectivity index (χ3v) is 1.73. The van der Waals surface area contributed by atoms with E-state index in [4.69, 9.17) is 11.6 Å². The van der Waals surface area contributed by atoms with E-state index in [0.717, 1.165) is 18.2 Å². The van der Waals surface area contributed by atoms with Gasteiger partial charge in [-0.3, -0.25) is 4.79 Å². The van der Waals surface area contributed by atoms with E-state index in [0.29, 0.717) is 6.29 Å². The van der Waals surface area contributed by atoms with E-state index in [1.807, 2.05) is 0 Å². The Morgan fingerprint density at radius 3 is 2.31 bits per heavy atom. The highest BCUT2D eigenvalue weighted by molar-refractivity contribution is 6.49. The molecular formula is C9H5ClF2O. The largest absolute Gasteiger partial charge is 0.299 e. The van der Waals surface area contributed by atoms with Crippen molar-refractivity contribution in [3.63, 3.8) is 0 Å². The van der Waals surface area contributed by atoms with Gasteiger partial charge in [0.05, 0.1) is 10.6 Å². The number of allylic oxidation sites excluding steroid dienone is 1. The van der Waals surface area contributed by atoms with E-state index < -0.39 is 11.6 Å². The van der Waals surface area contributed by atoms with E-state index in [9.17, 15) is 13.6 Å². The zero-order valence-corrected chi connectivity index (χ0v) is 7.18. The number of hydrogen-bond acceptors (Lipinski definition) is 1. The van der Waals surface area contributed by atoms with Gasteiger partial charge in [-0.15, -0.1) is 0 Å². The minimum atomic E-state index is -0.789. The number of carbonyl (C=O) groups is 1. The lowest BCUT2D eigenvalue weighted by Crippen LogP contribution is -1.90. The van der Waals surface area contributed by atoms with Gasteiger partial charge in [0.1, 0.15) is 17.9 Å². The van der Waals surface area contributed by atoms with Crippen LogP contribution in [-0.2, 0) is 4.79 Å². The van der Waals surface area contributed by atoms with Gasteiger partial charge in [-0.1, -0.05) is 17.7 Å². The summed E-state index contributed by atoms with van der Waals surface area (Å²) in [6.07, 6.45) is 1.26. The fraction of sp³-hybridized carbons (Fsp3) is 0. The van der Waals surface area contributed by atoms with Crippen LogP contribution in [0.3, 0.4) is 0 Å². The second-order valence-electron chi connectivity index (χ2n) is 2.25. The Hall–Kier alpha value is -1.22. The summed E-state index contributed by atoms with van der Waals surface area (Å²) >= 11 is 5.47. The van der Waals surface area contributed by atoms with Gasteiger partial charge in [0.15, 0.2) is 0 Å². The first-order valence-electron chi connectivity index (χ1n) is 3.42. The number of aldehydes is 1. The monoisotopic (exact) mass is 202 g/mol. The molecule has 0 N–H and O–H groups in total. The Balaban J connectivity index is 3.27. The van der Waals surface area contributed by atoms with Crippen LogP contribution in [-0.4, -0.2) is 6.29 Å². The Kier molecular flexibility index (Phi) is 3.14. The molecule has 13 heavy (non-hydrogen) atoms. The minimum absolute atomic E-state index is 0.245. The van der Waals surface area contributed by atoms with Gasteiger partial charge in [-0.25, -0.2) is 8.78 Å². The predicted octanol–water partition coefficient (Wildman–Crippen LogP) is 2.74.